The van der Waals surface area contributed by atoms with Crippen molar-refractivity contribution < 1.29 is 17.9 Å². The standard InChI is InChI=1S/C10H13ClN2O4S/c1-2-17-10(14)4-6-18(15,16)13-9-7-12-5-3-8(9)11/h3,5,7,13H,2,4,6H2,1H3. The van der Waals surface area contributed by atoms with Crippen LogP contribution in [0.1, 0.15) is 13.3 Å². The highest BCUT2D eigenvalue weighted by Gasteiger charge is 2.15. The van der Waals surface area contributed by atoms with E-state index in [4.69, 9.17) is 11.6 Å². The topological polar surface area (TPSA) is 85.4 Å². The predicted molar refractivity (Wildman–Crippen MR) is 67.9 cm³/mol. The summed E-state index contributed by atoms with van der Waals surface area (Å²) in [6.07, 6.45) is 2.53. The molecule has 1 aromatic rings. The van der Waals surface area contributed by atoms with Gasteiger partial charge in [0.2, 0.25) is 10.0 Å². The highest BCUT2D eigenvalue weighted by atomic mass is 35.5. The summed E-state index contributed by atoms with van der Waals surface area (Å²) >= 11 is 5.78. The van der Waals surface area contributed by atoms with Crippen molar-refractivity contribution in [1.29, 1.82) is 0 Å². The Kier molecular flexibility index (Phi) is 5.36. The van der Waals surface area contributed by atoms with Gasteiger partial charge in [-0.15, -0.1) is 0 Å². The monoisotopic (exact) mass is 292 g/mol. The van der Waals surface area contributed by atoms with E-state index in [1.54, 1.807) is 6.92 Å². The van der Waals surface area contributed by atoms with E-state index >= 15 is 0 Å². The van der Waals surface area contributed by atoms with Gasteiger partial charge in [-0.3, -0.25) is 14.5 Å². The van der Waals surface area contributed by atoms with Crippen LogP contribution >= 0.6 is 11.6 Å². The number of ether oxygens (including phenoxy) is 1. The van der Waals surface area contributed by atoms with Crippen molar-refractivity contribution in [1.82, 2.24) is 4.98 Å². The lowest BCUT2D eigenvalue weighted by Gasteiger charge is -2.08. The van der Waals surface area contributed by atoms with Crippen LogP contribution in [-0.4, -0.2) is 31.7 Å². The van der Waals surface area contributed by atoms with Gasteiger partial charge in [-0.05, 0) is 13.0 Å². The molecule has 0 radical (unpaired) electrons. The number of sulfonamides is 1. The van der Waals surface area contributed by atoms with Crippen molar-refractivity contribution in [3.63, 3.8) is 0 Å². The fraction of sp³-hybridized carbons (Fsp3) is 0.400. The molecule has 0 aromatic carbocycles. The zero-order valence-electron chi connectivity index (χ0n) is 9.72. The Balaban J connectivity index is 2.60. The zero-order valence-corrected chi connectivity index (χ0v) is 11.3. The summed E-state index contributed by atoms with van der Waals surface area (Å²) in [5.74, 6) is -0.919. The van der Waals surface area contributed by atoms with E-state index in [1.165, 1.54) is 18.5 Å². The average Bonchev–Trinajstić information content (AvgIpc) is 2.30. The van der Waals surface area contributed by atoms with Gasteiger partial charge in [0.25, 0.3) is 0 Å². The minimum absolute atomic E-state index is 0.183. The number of hydrogen-bond donors (Lipinski definition) is 1. The molecule has 0 fully saturated rings. The van der Waals surface area contributed by atoms with Crippen LogP contribution in [0, 0.1) is 0 Å². The number of esters is 1. The van der Waals surface area contributed by atoms with Crippen LogP contribution in [0.2, 0.25) is 5.02 Å². The smallest absolute Gasteiger partial charge is 0.306 e. The molecule has 1 N–H and O–H groups in total. The van der Waals surface area contributed by atoms with Gasteiger partial charge in [0.15, 0.2) is 0 Å². The predicted octanol–water partition coefficient (Wildman–Crippen LogP) is 1.43. The zero-order chi connectivity index (χ0) is 13.6. The Morgan fingerprint density at radius 1 is 1.56 bits per heavy atom. The molecule has 0 aliphatic heterocycles. The molecule has 0 saturated heterocycles. The van der Waals surface area contributed by atoms with Gasteiger partial charge in [-0.25, -0.2) is 8.42 Å². The van der Waals surface area contributed by atoms with Crippen LogP contribution < -0.4 is 4.72 Å². The SMILES string of the molecule is CCOC(=O)CCS(=O)(=O)Nc1cnccc1Cl. The lowest BCUT2D eigenvalue weighted by molar-refractivity contribution is -0.142. The summed E-state index contributed by atoms with van der Waals surface area (Å²) in [6.45, 7) is 1.88. The lowest BCUT2D eigenvalue weighted by Crippen LogP contribution is -2.20. The molecule has 8 heteroatoms. The summed E-state index contributed by atoms with van der Waals surface area (Å²) in [6, 6.07) is 1.46. The minimum atomic E-state index is -3.65. The molecule has 6 nitrogen and oxygen atoms in total. The first kappa shape index (κ1) is 14.7. The van der Waals surface area contributed by atoms with Gasteiger partial charge in [0.1, 0.15) is 0 Å². The third-order valence-corrected chi connectivity index (χ3v) is 3.52. The molecule has 0 amide bonds. The Hall–Kier alpha value is -1.34. The van der Waals surface area contributed by atoms with Crippen molar-refractivity contribution in [2.45, 2.75) is 13.3 Å². The second kappa shape index (κ2) is 6.55. The van der Waals surface area contributed by atoms with E-state index < -0.39 is 16.0 Å². The average molecular weight is 293 g/mol. The maximum atomic E-state index is 11.7. The minimum Gasteiger partial charge on any atom is -0.466 e. The third kappa shape index (κ3) is 4.89. The van der Waals surface area contributed by atoms with Crippen LogP contribution in [-0.2, 0) is 19.6 Å². The molecule has 1 aromatic heterocycles. The number of rotatable bonds is 6. The van der Waals surface area contributed by atoms with E-state index in [0.29, 0.717) is 0 Å². The van der Waals surface area contributed by atoms with Crippen molar-refractivity contribution in [3.8, 4) is 0 Å². The molecule has 0 aliphatic carbocycles. The number of hydrogen-bond acceptors (Lipinski definition) is 5. The number of nitrogens with one attached hydrogen (secondary N) is 1. The van der Waals surface area contributed by atoms with E-state index in [9.17, 15) is 13.2 Å². The van der Waals surface area contributed by atoms with Gasteiger partial charge >= 0.3 is 5.97 Å². The van der Waals surface area contributed by atoms with Gasteiger partial charge in [0.05, 0.1) is 35.7 Å². The Labute approximate surface area is 110 Å². The molecular formula is C10H13ClN2O4S. The van der Waals surface area contributed by atoms with Crippen LogP contribution in [0.25, 0.3) is 0 Å². The normalized spacial score (nSPS) is 11.0. The summed E-state index contributed by atoms with van der Waals surface area (Å²) in [7, 11) is -3.65. The van der Waals surface area contributed by atoms with Crippen molar-refractivity contribution >= 4 is 33.3 Å². The van der Waals surface area contributed by atoms with E-state index in [2.05, 4.69) is 14.4 Å². The molecule has 100 valence electrons. The fourth-order valence-corrected chi connectivity index (χ4v) is 2.37. The van der Waals surface area contributed by atoms with Crippen LogP contribution in [0.5, 0.6) is 0 Å². The lowest BCUT2D eigenvalue weighted by atomic mass is 10.4. The molecule has 1 heterocycles. The molecule has 18 heavy (non-hydrogen) atoms. The number of carbonyl (C=O) groups excluding carboxylic acids is 1. The number of aromatic nitrogens is 1. The quantitative estimate of drug-likeness (QED) is 0.802. The maximum Gasteiger partial charge on any atom is 0.306 e. The number of anilines is 1. The van der Waals surface area contributed by atoms with E-state index in [-0.39, 0.29) is 29.5 Å². The third-order valence-electron chi connectivity index (χ3n) is 1.91. The molecule has 0 saturated carbocycles. The van der Waals surface area contributed by atoms with Gasteiger partial charge in [0, 0.05) is 6.20 Å². The Morgan fingerprint density at radius 2 is 2.28 bits per heavy atom. The molecule has 1 rings (SSSR count). The first-order valence-electron chi connectivity index (χ1n) is 5.20. The molecule has 0 unspecified atom stereocenters. The molecule has 0 aliphatic rings. The number of pyridine rings is 1. The van der Waals surface area contributed by atoms with Gasteiger partial charge < -0.3 is 4.74 Å². The maximum absolute atomic E-state index is 11.7. The van der Waals surface area contributed by atoms with Crippen LogP contribution in [0.3, 0.4) is 0 Å². The second-order valence-electron chi connectivity index (χ2n) is 3.33. The summed E-state index contributed by atoms with van der Waals surface area (Å²) in [5, 5.41) is 0.240. The Bertz CT molecular complexity index is 518. The first-order valence-corrected chi connectivity index (χ1v) is 7.23. The Morgan fingerprint density at radius 3 is 2.89 bits per heavy atom. The van der Waals surface area contributed by atoms with Crippen LogP contribution in [0.4, 0.5) is 5.69 Å². The molecular weight excluding hydrogens is 280 g/mol. The van der Waals surface area contributed by atoms with Crippen molar-refractivity contribution in [2.75, 3.05) is 17.1 Å². The highest BCUT2D eigenvalue weighted by Crippen LogP contribution is 2.20. The van der Waals surface area contributed by atoms with E-state index in [0.717, 1.165) is 0 Å². The summed E-state index contributed by atoms with van der Waals surface area (Å²) in [5.41, 5.74) is 0.183. The molecule has 0 spiro atoms. The summed E-state index contributed by atoms with van der Waals surface area (Å²) in [4.78, 5) is 14.8. The fourth-order valence-electron chi connectivity index (χ4n) is 1.12. The second-order valence-corrected chi connectivity index (χ2v) is 5.58. The van der Waals surface area contributed by atoms with Crippen molar-refractivity contribution in [2.24, 2.45) is 0 Å². The summed E-state index contributed by atoms with van der Waals surface area (Å²) < 4.78 is 30.2. The molecule has 0 bridgehead atoms. The number of carbonyl (C=O) groups is 1. The number of halogens is 1. The highest BCUT2D eigenvalue weighted by molar-refractivity contribution is 7.92. The first-order chi connectivity index (χ1) is 8.44. The van der Waals surface area contributed by atoms with Crippen LogP contribution in [0.15, 0.2) is 18.5 Å². The molecule has 0 atom stereocenters. The van der Waals surface area contributed by atoms with E-state index in [1.807, 2.05) is 0 Å². The van der Waals surface area contributed by atoms with Gasteiger partial charge in [-0.2, -0.15) is 0 Å². The van der Waals surface area contributed by atoms with Gasteiger partial charge in [-0.1, -0.05) is 11.6 Å². The number of nitrogens with zero attached hydrogens (tertiary/aromatic N) is 1. The largest absolute Gasteiger partial charge is 0.466 e. The van der Waals surface area contributed by atoms with Crippen molar-refractivity contribution in [3.05, 3.63) is 23.5 Å².